The highest BCUT2D eigenvalue weighted by Gasteiger charge is 2.49. The van der Waals surface area contributed by atoms with Crippen molar-refractivity contribution >= 4 is 29.1 Å². The summed E-state index contributed by atoms with van der Waals surface area (Å²) in [7, 11) is 0. The van der Waals surface area contributed by atoms with Crippen LogP contribution in [0.3, 0.4) is 0 Å². The fraction of sp³-hybridized carbons (Fsp3) is 0.480. The number of benzene rings is 2. The lowest BCUT2D eigenvalue weighted by molar-refractivity contribution is -0.153. The highest BCUT2D eigenvalue weighted by molar-refractivity contribution is 6.42. The van der Waals surface area contributed by atoms with Crippen LogP contribution in [0.4, 0.5) is 4.39 Å². The van der Waals surface area contributed by atoms with Gasteiger partial charge in [-0.3, -0.25) is 4.79 Å². The van der Waals surface area contributed by atoms with Gasteiger partial charge >= 0.3 is 0 Å². The van der Waals surface area contributed by atoms with Gasteiger partial charge in [0.25, 0.3) is 0 Å². The zero-order valence-electron chi connectivity index (χ0n) is 17.8. The third-order valence-electron chi connectivity index (χ3n) is 6.84. The highest BCUT2D eigenvalue weighted by atomic mass is 35.5. The van der Waals surface area contributed by atoms with Crippen LogP contribution in [0.1, 0.15) is 56.8 Å². The minimum absolute atomic E-state index is 0.0544. The number of carbonyl (C=O) groups is 1. The maximum atomic E-state index is 13.2. The molecule has 31 heavy (non-hydrogen) atoms. The number of ether oxygens (including phenoxy) is 1. The van der Waals surface area contributed by atoms with Gasteiger partial charge in [-0.05, 0) is 61.1 Å². The van der Waals surface area contributed by atoms with Crippen molar-refractivity contribution in [3.63, 3.8) is 0 Å². The van der Waals surface area contributed by atoms with Gasteiger partial charge in [0.15, 0.2) is 0 Å². The van der Waals surface area contributed by atoms with Crippen molar-refractivity contribution < 1.29 is 13.9 Å². The topological polar surface area (TPSA) is 38.3 Å². The Morgan fingerprint density at radius 1 is 1.16 bits per heavy atom. The van der Waals surface area contributed by atoms with E-state index in [0.29, 0.717) is 22.4 Å². The maximum Gasteiger partial charge on any atom is 0.224 e. The van der Waals surface area contributed by atoms with E-state index in [4.69, 9.17) is 27.9 Å². The zero-order chi connectivity index (χ0) is 22.2. The van der Waals surface area contributed by atoms with E-state index in [9.17, 15) is 9.18 Å². The number of rotatable bonds is 4. The molecule has 6 heteroatoms. The van der Waals surface area contributed by atoms with Crippen molar-refractivity contribution in [3.8, 4) is 0 Å². The molecule has 3 nitrogen and oxygen atoms in total. The Morgan fingerprint density at radius 2 is 1.90 bits per heavy atom. The van der Waals surface area contributed by atoms with Crippen LogP contribution in [0.25, 0.3) is 0 Å². The van der Waals surface area contributed by atoms with Crippen molar-refractivity contribution in [1.82, 2.24) is 5.32 Å². The first kappa shape index (κ1) is 22.6. The second kappa shape index (κ2) is 9.09. The smallest absolute Gasteiger partial charge is 0.224 e. The Hall–Kier alpha value is -1.62. The molecule has 2 fully saturated rings. The number of nitrogens with one attached hydrogen (secondary N) is 1. The molecule has 2 aromatic rings. The van der Waals surface area contributed by atoms with Gasteiger partial charge in [0.2, 0.25) is 5.91 Å². The fourth-order valence-electron chi connectivity index (χ4n) is 5.21. The summed E-state index contributed by atoms with van der Waals surface area (Å²) in [6.45, 7) is 4.39. The first-order valence-electron chi connectivity index (χ1n) is 10.9. The van der Waals surface area contributed by atoms with Crippen LogP contribution in [0.2, 0.25) is 10.0 Å². The normalized spacial score (nSPS) is 30.5. The van der Waals surface area contributed by atoms with Crippen molar-refractivity contribution in [2.45, 2.75) is 63.7 Å². The minimum atomic E-state index is -0.406. The number of halogens is 3. The molecule has 2 aromatic carbocycles. The Balaban J connectivity index is 1.56. The van der Waals surface area contributed by atoms with Gasteiger partial charge in [-0.25, -0.2) is 4.39 Å². The number of fused-ring (bicyclic) bond motifs is 1. The number of hydrogen-bond donors (Lipinski definition) is 1. The Bertz CT molecular complexity index is 951. The molecular weight excluding hydrogens is 436 g/mol. The molecule has 0 aromatic heterocycles. The summed E-state index contributed by atoms with van der Waals surface area (Å²) in [6.07, 6.45) is 3.92. The van der Waals surface area contributed by atoms with Crippen molar-refractivity contribution in [2.24, 2.45) is 11.8 Å². The molecular formula is C25H28Cl2FNO2. The summed E-state index contributed by atoms with van der Waals surface area (Å²) in [5.41, 5.74) is 1.37. The van der Waals surface area contributed by atoms with E-state index in [2.05, 4.69) is 19.2 Å². The molecule has 2 aliphatic rings. The van der Waals surface area contributed by atoms with Crippen LogP contribution < -0.4 is 5.32 Å². The van der Waals surface area contributed by atoms with Gasteiger partial charge in [0.1, 0.15) is 5.82 Å². The van der Waals surface area contributed by atoms with Crippen molar-refractivity contribution in [2.75, 3.05) is 0 Å². The molecule has 1 amide bonds. The zero-order valence-corrected chi connectivity index (χ0v) is 19.3. The molecule has 5 atom stereocenters. The first-order valence-corrected chi connectivity index (χ1v) is 11.6. The second-order valence-corrected chi connectivity index (χ2v) is 10.1. The molecule has 0 spiro atoms. The van der Waals surface area contributed by atoms with E-state index in [1.165, 1.54) is 12.1 Å². The van der Waals surface area contributed by atoms with Gasteiger partial charge in [-0.1, -0.05) is 54.7 Å². The largest absolute Gasteiger partial charge is 0.370 e. The van der Waals surface area contributed by atoms with Crippen molar-refractivity contribution in [1.29, 1.82) is 0 Å². The molecule has 1 aliphatic carbocycles. The molecule has 1 N–H and O–H groups in total. The maximum absolute atomic E-state index is 13.2. The second-order valence-electron chi connectivity index (χ2n) is 9.33. The van der Waals surface area contributed by atoms with E-state index < -0.39 is 5.54 Å². The Kier molecular flexibility index (Phi) is 6.62. The number of amides is 1. The molecule has 1 saturated heterocycles. The number of carbonyl (C=O) groups excluding carboxylic acids is 1. The third-order valence-corrected chi connectivity index (χ3v) is 7.58. The monoisotopic (exact) mass is 463 g/mol. The predicted molar refractivity (Wildman–Crippen MR) is 122 cm³/mol. The summed E-state index contributed by atoms with van der Waals surface area (Å²) in [6, 6.07) is 11.7. The quantitative estimate of drug-likeness (QED) is 0.560. The molecule has 1 aliphatic heterocycles. The van der Waals surface area contributed by atoms with Crippen molar-refractivity contribution in [3.05, 3.63) is 69.5 Å². The van der Waals surface area contributed by atoms with Crippen LogP contribution in [0.15, 0.2) is 42.5 Å². The van der Waals surface area contributed by atoms with Gasteiger partial charge < -0.3 is 10.1 Å². The fourth-order valence-corrected chi connectivity index (χ4v) is 5.51. The standard InChI is InChI=1S/C25H28Cl2FNO2/c1-15-3-9-19-22(11-15)31-23(17-6-10-20(26)21(27)13-17)14-25(19,2)29-24(30)12-16-4-7-18(28)8-5-16/h4-8,10,13,15,19,22-23H,3,9,11-12,14H2,1-2H3,(H,29,30)/t15-,19-,22-,23-,25-/m0/s1. The third kappa shape index (κ3) is 5.08. The van der Waals surface area contributed by atoms with Crippen LogP contribution >= 0.6 is 23.2 Å². The summed E-state index contributed by atoms with van der Waals surface area (Å²) >= 11 is 12.4. The summed E-state index contributed by atoms with van der Waals surface area (Å²) < 4.78 is 19.8. The summed E-state index contributed by atoms with van der Waals surface area (Å²) in [4.78, 5) is 13.0. The van der Waals surface area contributed by atoms with Gasteiger partial charge in [0.05, 0.1) is 28.7 Å². The van der Waals surface area contributed by atoms with E-state index in [1.54, 1.807) is 18.2 Å². The lowest BCUT2D eigenvalue weighted by Crippen LogP contribution is -2.60. The first-order chi connectivity index (χ1) is 14.7. The average molecular weight is 464 g/mol. The van der Waals surface area contributed by atoms with E-state index >= 15 is 0 Å². The average Bonchev–Trinajstić information content (AvgIpc) is 2.71. The van der Waals surface area contributed by atoms with Gasteiger partial charge in [0, 0.05) is 17.9 Å². The predicted octanol–water partition coefficient (Wildman–Crippen LogP) is 6.52. The van der Waals surface area contributed by atoms with E-state index in [0.717, 1.165) is 30.4 Å². The molecule has 0 unspecified atom stereocenters. The Labute approximate surface area is 193 Å². The SMILES string of the molecule is C[C@H]1CC[C@H]2[C@H](C1)O[C@H](c1ccc(Cl)c(Cl)c1)C[C@]2(C)NC(=O)Cc1ccc(F)cc1. The molecule has 4 rings (SSSR count). The minimum Gasteiger partial charge on any atom is -0.370 e. The molecule has 166 valence electrons. The lowest BCUT2D eigenvalue weighted by Gasteiger charge is -2.52. The summed E-state index contributed by atoms with van der Waals surface area (Å²) in [5.74, 6) is 0.485. The van der Waals surface area contributed by atoms with Crippen LogP contribution in [0, 0.1) is 17.7 Å². The number of hydrogen-bond acceptors (Lipinski definition) is 2. The van der Waals surface area contributed by atoms with E-state index in [-0.39, 0.29) is 36.3 Å². The van der Waals surface area contributed by atoms with Crippen LogP contribution in [-0.2, 0) is 16.0 Å². The molecule has 1 heterocycles. The summed E-state index contributed by atoms with van der Waals surface area (Å²) in [5, 5.41) is 4.34. The molecule has 0 radical (unpaired) electrons. The van der Waals surface area contributed by atoms with Crippen LogP contribution in [-0.4, -0.2) is 17.6 Å². The highest BCUT2D eigenvalue weighted by Crippen LogP contribution is 2.48. The van der Waals surface area contributed by atoms with Gasteiger partial charge in [-0.2, -0.15) is 0 Å². The Morgan fingerprint density at radius 3 is 2.61 bits per heavy atom. The lowest BCUT2D eigenvalue weighted by atomic mass is 9.66. The molecule has 1 saturated carbocycles. The van der Waals surface area contributed by atoms with Crippen LogP contribution in [0.5, 0.6) is 0 Å². The van der Waals surface area contributed by atoms with Gasteiger partial charge in [-0.15, -0.1) is 0 Å². The molecule has 0 bridgehead atoms. The van der Waals surface area contributed by atoms with E-state index in [1.807, 2.05) is 12.1 Å².